The average Bonchev–Trinajstić information content (AvgIpc) is 3.08. The van der Waals surface area contributed by atoms with Crippen LogP contribution in [0.4, 0.5) is 4.79 Å². The van der Waals surface area contributed by atoms with Gasteiger partial charge in [-0.2, -0.15) is 0 Å². The lowest BCUT2D eigenvalue weighted by Crippen LogP contribution is -2.46. The Kier molecular flexibility index (Phi) is 5.80. The molecule has 5 rings (SSSR count). The number of rotatable bonds is 5. The number of nitrogens with zero attached hydrogens (tertiary/aromatic N) is 1. The van der Waals surface area contributed by atoms with E-state index in [-0.39, 0.29) is 24.0 Å². The zero-order valence-corrected chi connectivity index (χ0v) is 19.3. The van der Waals surface area contributed by atoms with E-state index in [1.54, 1.807) is 18.2 Å². The predicted octanol–water partition coefficient (Wildman–Crippen LogP) is 2.68. The summed E-state index contributed by atoms with van der Waals surface area (Å²) in [6.45, 7) is 1.61. The Hall–Kier alpha value is -3.72. The first kappa shape index (κ1) is 23.0. The molecular formula is C26H28N2O7. The molecule has 9 nitrogen and oxygen atoms in total. The Bertz CT molecular complexity index is 1180. The van der Waals surface area contributed by atoms with Gasteiger partial charge in [0.25, 0.3) is 0 Å². The van der Waals surface area contributed by atoms with Gasteiger partial charge in [-0.3, -0.25) is 0 Å². The number of carboxylic acids is 1. The van der Waals surface area contributed by atoms with Gasteiger partial charge < -0.3 is 35.0 Å². The van der Waals surface area contributed by atoms with E-state index in [2.05, 4.69) is 17.3 Å². The molecule has 35 heavy (non-hydrogen) atoms. The van der Waals surface area contributed by atoms with Crippen molar-refractivity contribution in [1.29, 1.82) is 0 Å². The van der Waals surface area contributed by atoms with Gasteiger partial charge in [-0.1, -0.05) is 24.3 Å². The van der Waals surface area contributed by atoms with Gasteiger partial charge in [-0.25, -0.2) is 9.59 Å². The van der Waals surface area contributed by atoms with Gasteiger partial charge in [0.2, 0.25) is 0 Å². The van der Waals surface area contributed by atoms with Gasteiger partial charge in [-0.15, -0.1) is 0 Å². The number of hydrogen-bond donors (Lipinski definition) is 4. The molecule has 1 amide bonds. The van der Waals surface area contributed by atoms with Gasteiger partial charge in [-0.05, 0) is 55.4 Å². The highest BCUT2D eigenvalue weighted by Crippen LogP contribution is 2.55. The first-order valence-electron chi connectivity index (χ1n) is 11.6. The Labute approximate surface area is 202 Å². The molecule has 0 radical (unpaired) electrons. The van der Waals surface area contributed by atoms with Crippen molar-refractivity contribution < 1.29 is 34.4 Å². The van der Waals surface area contributed by atoms with E-state index in [1.165, 1.54) is 12.1 Å². The zero-order valence-electron chi connectivity index (χ0n) is 19.3. The van der Waals surface area contributed by atoms with Gasteiger partial charge in [0.1, 0.15) is 24.0 Å². The molecule has 2 aliphatic heterocycles. The van der Waals surface area contributed by atoms with Crippen molar-refractivity contribution in [3.63, 3.8) is 0 Å². The molecule has 3 aliphatic rings. The lowest BCUT2D eigenvalue weighted by atomic mass is 9.69. The van der Waals surface area contributed by atoms with Gasteiger partial charge in [0.15, 0.2) is 11.5 Å². The first-order chi connectivity index (χ1) is 16.7. The van der Waals surface area contributed by atoms with Crippen LogP contribution in [0.1, 0.15) is 29.5 Å². The summed E-state index contributed by atoms with van der Waals surface area (Å²) in [5.41, 5.74) is 2.36. The van der Waals surface area contributed by atoms with Crippen LogP contribution in [0.25, 0.3) is 0 Å². The minimum Gasteiger partial charge on any atom is -0.508 e. The SMILES string of the molecule is CN1CCC23C=CC(OC(=O)NC(Cc4ccc(O)cc4)C(=O)O)CC2Oc2c(O)ccc(c23)C1. The quantitative estimate of drug-likeness (QED) is 0.481. The van der Waals surface area contributed by atoms with Gasteiger partial charge >= 0.3 is 12.1 Å². The maximum atomic E-state index is 12.6. The molecule has 2 heterocycles. The minimum atomic E-state index is -1.19. The molecule has 1 aliphatic carbocycles. The van der Waals surface area contributed by atoms with Crippen LogP contribution in [0.15, 0.2) is 48.6 Å². The van der Waals surface area contributed by atoms with E-state index in [1.807, 2.05) is 18.2 Å². The Balaban J connectivity index is 1.30. The fourth-order valence-electron chi connectivity index (χ4n) is 5.38. The summed E-state index contributed by atoms with van der Waals surface area (Å²) in [6, 6.07) is 8.54. The van der Waals surface area contributed by atoms with E-state index in [0.717, 1.165) is 30.6 Å². The number of aliphatic carboxylic acids is 1. The second kappa shape index (κ2) is 8.81. The van der Waals surface area contributed by atoms with Crippen molar-refractivity contribution in [2.24, 2.45) is 0 Å². The Morgan fingerprint density at radius 3 is 2.74 bits per heavy atom. The summed E-state index contributed by atoms with van der Waals surface area (Å²) in [5, 5.41) is 31.9. The van der Waals surface area contributed by atoms with Gasteiger partial charge in [0.05, 0.1) is 5.41 Å². The first-order valence-corrected chi connectivity index (χ1v) is 11.6. The largest absolute Gasteiger partial charge is 0.508 e. The van der Waals surface area contributed by atoms with Crippen LogP contribution in [0.2, 0.25) is 0 Å². The van der Waals surface area contributed by atoms with Crippen molar-refractivity contribution in [3.05, 3.63) is 65.2 Å². The fourth-order valence-corrected chi connectivity index (χ4v) is 5.38. The van der Waals surface area contributed by atoms with Crippen LogP contribution in [-0.4, -0.2) is 64.1 Å². The number of phenolic OH excluding ortho intramolecular Hbond substituents is 2. The number of amides is 1. The molecule has 4 unspecified atom stereocenters. The molecule has 0 saturated heterocycles. The maximum absolute atomic E-state index is 12.6. The van der Waals surface area contributed by atoms with Crippen molar-refractivity contribution in [2.45, 2.75) is 49.5 Å². The summed E-state index contributed by atoms with van der Waals surface area (Å²) in [4.78, 5) is 26.5. The number of ether oxygens (including phenoxy) is 2. The van der Waals surface area contributed by atoms with Crippen LogP contribution in [0.3, 0.4) is 0 Å². The molecule has 4 N–H and O–H groups in total. The third-order valence-corrected chi connectivity index (χ3v) is 7.15. The van der Waals surface area contributed by atoms with Crippen LogP contribution >= 0.6 is 0 Å². The standard InChI is InChI=1S/C26H28N2O7/c1-28-11-10-26-9-8-18(13-21(26)35-23-20(30)7-4-16(14-28)22(23)26)34-25(33)27-19(24(31)32)12-15-2-5-17(29)6-3-15/h2-9,18-19,21,29-30H,10-14H2,1H3,(H,27,33)(H,31,32). The Morgan fingerprint density at radius 2 is 2.00 bits per heavy atom. The summed E-state index contributed by atoms with van der Waals surface area (Å²) in [5.74, 6) is -0.512. The third-order valence-electron chi connectivity index (χ3n) is 7.15. The summed E-state index contributed by atoms with van der Waals surface area (Å²) in [6.07, 6.45) is 3.35. The predicted molar refractivity (Wildman–Crippen MR) is 126 cm³/mol. The number of phenols is 2. The monoisotopic (exact) mass is 480 g/mol. The second-order valence-electron chi connectivity index (χ2n) is 9.53. The highest BCUT2D eigenvalue weighted by Gasteiger charge is 2.53. The zero-order chi connectivity index (χ0) is 24.7. The number of carbonyl (C=O) groups excluding carboxylic acids is 1. The van der Waals surface area contributed by atoms with E-state index >= 15 is 0 Å². The summed E-state index contributed by atoms with van der Waals surface area (Å²) >= 11 is 0. The van der Waals surface area contributed by atoms with Crippen molar-refractivity contribution in [3.8, 4) is 17.2 Å². The number of carboxylic acid groups (broad SMARTS) is 1. The molecule has 0 saturated carbocycles. The van der Waals surface area contributed by atoms with Crippen molar-refractivity contribution in [2.75, 3.05) is 13.6 Å². The smallest absolute Gasteiger partial charge is 0.408 e. The molecule has 184 valence electrons. The van der Waals surface area contributed by atoms with E-state index in [0.29, 0.717) is 17.7 Å². The normalized spacial score (nSPS) is 25.5. The number of hydrogen-bond acceptors (Lipinski definition) is 7. The minimum absolute atomic E-state index is 0.0466. The molecule has 4 atom stereocenters. The molecule has 2 aromatic carbocycles. The van der Waals surface area contributed by atoms with E-state index < -0.39 is 29.6 Å². The van der Waals surface area contributed by atoms with Crippen molar-refractivity contribution >= 4 is 12.1 Å². The molecule has 0 aromatic heterocycles. The molecule has 2 aromatic rings. The number of alkyl carbamates (subject to hydrolysis) is 1. The number of carbonyl (C=O) groups is 2. The maximum Gasteiger partial charge on any atom is 0.408 e. The molecule has 0 fully saturated rings. The van der Waals surface area contributed by atoms with Crippen LogP contribution < -0.4 is 10.1 Å². The van der Waals surface area contributed by atoms with Crippen LogP contribution in [0, 0.1) is 0 Å². The van der Waals surface area contributed by atoms with E-state index in [4.69, 9.17) is 9.47 Å². The lowest BCUT2D eigenvalue weighted by Gasteiger charge is -2.36. The van der Waals surface area contributed by atoms with E-state index in [9.17, 15) is 24.9 Å². The van der Waals surface area contributed by atoms with Crippen LogP contribution in [0.5, 0.6) is 17.2 Å². The van der Waals surface area contributed by atoms with Gasteiger partial charge in [0, 0.05) is 24.9 Å². The van der Waals surface area contributed by atoms with Crippen LogP contribution in [-0.2, 0) is 27.9 Å². The average molecular weight is 481 g/mol. The molecule has 9 heteroatoms. The topological polar surface area (TPSA) is 129 Å². The molecular weight excluding hydrogens is 452 g/mol. The fraction of sp³-hybridized carbons (Fsp3) is 0.385. The highest BCUT2D eigenvalue weighted by molar-refractivity contribution is 5.80. The number of nitrogens with one attached hydrogen (secondary N) is 1. The Morgan fingerprint density at radius 1 is 1.23 bits per heavy atom. The lowest BCUT2D eigenvalue weighted by molar-refractivity contribution is -0.139. The summed E-state index contributed by atoms with van der Waals surface area (Å²) < 4.78 is 11.8. The third kappa shape index (κ3) is 4.27. The highest BCUT2D eigenvalue weighted by atomic mass is 16.6. The van der Waals surface area contributed by atoms with Crippen molar-refractivity contribution in [1.82, 2.24) is 10.2 Å². The molecule has 0 bridgehead atoms. The second-order valence-corrected chi connectivity index (χ2v) is 9.53. The number of aromatic hydroxyl groups is 2. The molecule has 1 spiro atoms. The number of benzene rings is 2. The summed E-state index contributed by atoms with van der Waals surface area (Å²) in [7, 11) is 2.06.